The summed E-state index contributed by atoms with van der Waals surface area (Å²) in [5.74, 6) is 0.961. The van der Waals surface area contributed by atoms with Crippen LogP contribution >= 0.6 is 11.3 Å². The standard InChI is InChI=1S/C15H14NOS.C9H7NO.2Li.H/c1-16-12-8-4-6-10-14(12)18-15(16)11-7-3-5-9-13(11)17-2;11-8-5-1-3-7-4-2-6-10-9(7)8;;;/h3-10H,1-2H3;1-6,11H;;;/q+1;;2*+1;-1. The van der Waals surface area contributed by atoms with Gasteiger partial charge in [0.1, 0.15) is 17.5 Å². The van der Waals surface area contributed by atoms with Crippen LogP contribution in [0.25, 0.3) is 31.7 Å². The molecule has 0 aliphatic rings. The first-order chi connectivity index (χ1) is 14.2. The first-order valence-electron chi connectivity index (χ1n) is 9.26. The number of hydrogen-bond acceptors (Lipinski definition) is 3. The molecule has 5 rings (SSSR count). The third-order valence-electron chi connectivity index (χ3n) is 4.73. The van der Waals surface area contributed by atoms with Crippen molar-refractivity contribution in [3.05, 3.63) is 85.1 Å². The van der Waals surface area contributed by atoms with E-state index in [1.807, 2.05) is 36.4 Å². The first kappa shape index (κ1) is 25.0. The number of ether oxygens (including phenoxy) is 1. The number of rotatable bonds is 2. The Hall–Kier alpha value is -2.25. The van der Waals surface area contributed by atoms with Crippen molar-refractivity contribution >= 4 is 32.5 Å². The van der Waals surface area contributed by atoms with E-state index in [1.54, 1.807) is 36.8 Å². The monoisotopic (exact) mass is 416 g/mol. The predicted octanol–water partition coefficient (Wildman–Crippen LogP) is -1.75. The predicted molar refractivity (Wildman–Crippen MR) is 116 cm³/mol. The number of pyridine rings is 1. The zero-order valence-electron chi connectivity index (χ0n) is 19.3. The number of aryl methyl sites for hydroxylation is 1. The Balaban J connectivity index is 0.000000320. The Bertz CT molecular complexity index is 1290. The molecule has 0 spiro atoms. The molecule has 3 aromatic carbocycles. The van der Waals surface area contributed by atoms with Gasteiger partial charge in [-0.2, -0.15) is 4.57 Å². The van der Waals surface area contributed by atoms with Gasteiger partial charge in [0.25, 0.3) is 5.01 Å². The van der Waals surface area contributed by atoms with E-state index in [0.29, 0.717) is 5.52 Å². The van der Waals surface area contributed by atoms with Crippen molar-refractivity contribution in [1.29, 1.82) is 0 Å². The molecule has 4 nitrogen and oxygen atoms in total. The quantitative estimate of drug-likeness (QED) is 0.253. The summed E-state index contributed by atoms with van der Waals surface area (Å²) in [6, 6.07) is 25.6. The molecule has 0 aliphatic heterocycles. The Labute approximate surface area is 211 Å². The van der Waals surface area contributed by atoms with Crippen LogP contribution < -0.4 is 57.1 Å². The van der Waals surface area contributed by atoms with Crippen LogP contribution in [-0.4, -0.2) is 7.11 Å². The molecule has 0 aliphatic carbocycles. The summed E-state index contributed by atoms with van der Waals surface area (Å²) in [4.78, 5) is 2.91. The maximum absolute atomic E-state index is 11.1. The number of nitrogens with one attached hydrogen (secondary N) is 1. The van der Waals surface area contributed by atoms with E-state index in [2.05, 4.69) is 46.9 Å². The van der Waals surface area contributed by atoms with Gasteiger partial charge < -0.3 is 11.3 Å². The van der Waals surface area contributed by atoms with Gasteiger partial charge in [-0.15, -0.1) is 0 Å². The van der Waals surface area contributed by atoms with E-state index in [9.17, 15) is 5.11 Å². The SMILES string of the molecule is COc1ccccc1-c1sc2ccccc2[n+]1C.[H-].[Li+].[Li+].[O-]c1cccc2ccc[nH+]c12. The molecule has 31 heavy (non-hydrogen) atoms. The van der Waals surface area contributed by atoms with Crippen molar-refractivity contribution in [3.63, 3.8) is 0 Å². The number of nitrogens with zero attached hydrogens (tertiary/aromatic N) is 1. The van der Waals surface area contributed by atoms with Crippen LogP contribution in [0.15, 0.2) is 85.1 Å². The van der Waals surface area contributed by atoms with Crippen LogP contribution in [0.1, 0.15) is 1.43 Å². The maximum Gasteiger partial charge on any atom is 1.00 e. The number of aromatic amines is 1. The number of benzene rings is 3. The summed E-state index contributed by atoms with van der Waals surface area (Å²) in [5, 5.41) is 13.3. The summed E-state index contributed by atoms with van der Waals surface area (Å²) < 4.78 is 8.96. The molecule has 0 saturated heterocycles. The van der Waals surface area contributed by atoms with E-state index in [1.165, 1.54) is 15.2 Å². The van der Waals surface area contributed by atoms with Crippen molar-refractivity contribution < 1.29 is 58.5 Å². The fourth-order valence-corrected chi connectivity index (χ4v) is 4.46. The van der Waals surface area contributed by atoms with Crippen molar-refractivity contribution in [2.45, 2.75) is 0 Å². The van der Waals surface area contributed by atoms with Gasteiger partial charge in [0.05, 0.1) is 12.7 Å². The Kier molecular flexibility index (Phi) is 9.20. The number of aromatic nitrogens is 2. The molecule has 2 heterocycles. The fourth-order valence-electron chi connectivity index (χ4n) is 3.28. The average molecular weight is 416 g/mol. The molecule has 0 bridgehead atoms. The summed E-state index contributed by atoms with van der Waals surface area (Å²) in [6.07, 6.45) is 1.75. The number of H-pyrrole nitrogens is 1. The number of para-hydroxylation sites is 3. The van der Waals surface area contributed by atoms with Crippen LogP contribution in [-0.2, 0) is 7.05 Å². The summed E-state index contributed by atoms with van der Waals surface area (Å²) in [5.41, 5.74) is 3.07. The second-order valence-corrected chi connectivity index (χ2v) is 7.56. The summed E-state index contributed by atoms with van der Waals surface area (Å²) in [6.45, 7) is 0. The van der Waals surface area contributed by atoms with E-state index in [0.717, 1.165) is 16.7 Å². The number of methoxy groups -OCH3 is 1. The summed E-state index contributed by atoms with van der Waals surface area (Å²) >= 11 is 1.79. The zero-order valence-corrected chi connectivity index (χ0v) is 19.1. The largest absolute Gasteiger partial charge is 1.00 e. The van der Waals surface area contributed by atoms with Gasteiger partial charge in [-0.3, -0.25) is 0 Å². The van der Waals surface area contributed by atoms with Crippen molar-refractivity contribution in [3.8, 4) is 22.1 Å². The fraction of sp³-hybridized carbons (Fsp3) is 0.0833. The third-order valence-corrected chi connectivity index (χ3v) is 5.99. The molecule has 0 saturated carbocycles. The Morgan fingerprint density at radius 1 is 0.903 bits per heavy atom. The molecule has 5 aromatic rings. The maximum atomic E-state index is 11.1. The van der Waals surface area contributed by atoms with Crippen LogP contribution in [0.2, 0.25) is 0 Å². The number of hydrogen-bond donors (Lipinski definition) is 0. The molecule has 0 amide bonds. The smallest absolute Gasteiger partial charge is 1.00 e. The topological polar surface area (TPSA) is 50.3 Å². The zero-order chi connectivity index (χ0) is 20.2. The average Bonchev–Trinajstić information content (AvgIpc) is 3.11. The molecule has 0 atom stereocenters. The van der Waals surface area contributed by atoms with Gasteiger partial charge in [-0.25, -0.2) is 4.98 Å². The minimum absolute atomic E-state index is 0. The molecule has 2 aromatic heterocycles. The van der Waals surface area contributed by atoms with Crippen molar-refractivity contribution in [2.75, 3.05) is 7.11 Å². The van der Waals surface area contributed by atoms with Gasteiger partial charge in [-0.1, -0.05) is 47.7 Å². The van der Waals surface area contributed by atoms with Gasteiger partial charge in [0.2, 0.25) is 11.0 Å². The molecular formula is C24H22Li2N2O2S+2. The van der Waals surface area contributed by atoms with Gasteiger partial charge in [0, 0.05) is 17.5 Å². The van der Waals surface area contributed by atoms with Crippen LogP contribution in [0.3, 0.4) is 0 Å². The van der Waals surface area contributed by atoms with Crippen LogP contribution in [0.4, 0.5) is 0 Å². The Morgan fingerprint density at radius 3 is 2.35 bits per heavy atom. The van der Waals surface area contributed by atoms with Crippen LogP contribution in [0.5, 0.6) is 11.5 Å². The minimum atomic E-state index is 0. The molecule has 7 heteroatoms. The third kappa shape index (κ3) is 5.33. The first-order valence-corrected chi connectivity index (χ1v) is 10.1. The van der Waals surface area contributed by atoms with E-state index < -0.39 is 0 Å². The van der Waals surface area contributed by atoms with E-state index in [-0.39, 0.29) is 44.9 Å². The Morgan fingerprint density at radius 2 is 1.61 bits per heavy atom. The van der Waals surface area contributed by atoms with Crippen molar-refractivity contribution in [1.82, 2.24) is 0 Å². The second-order valence-electron chi connectivity index (χ2n) is 6.52. The van der Waals surface area contributed by atoms with Crippen LogP contribution in [0, 0.1) is 0 Å². The summed E-state index contributed by atoms with van der Waals surface area (Å²) in [7, 11) is 3.81. The van der Waals surface area contributed by atoms with Crippen molar-refractivity contribution in [2.24, 2.45) is 7.05 Å². The van der Waals surface area contributed by atoms with E-state index >= 15 is 0 Å². The van der Waals surface area contributed by atoms with Gasteiger partial charge in [-0.05, 0) is 36.1 Å². The molecule has 0 fully saturated rings. The number of thiazole rings is 1. The van der Waals surface area contributed by atoms with Gasteiger partial charge in [0.15, 0.2) is 6.20 Å². The normalized spacial score (nSPS) is 9.87. The minimum Gasteiger partial charge on any atom is -1.00 e. The second kappa shape index (κ2) is 11.4. The molecule has 1 N–H and O–H groups in total. The number of fused-ring (bicyclic) bond motifs is 2. The van der Waals surface area contributed by atoms with E-state index in [4.69, 9.17) is 4.74 Å². The molecule has 0 radical (unpaired) electrons. The van der Waals surface area contributed by atoms with Gasteiger partial charge >= 0.3 is 37.7 Å². The molecular weight excluding hydrogens is 394 g/mol. The molecule has 0 unspecified atom stereocenters. The molecule has 146 valence electrons.